The summed E-state index contributed by atoms with van der Waals surface area (Å²) < 4.78 is 39.5. The molecule has 0 bridgehead atoms. The van der Waals surface area contributed by atoms with Crippen molar-refractivity contribution in [3.05, 3.63) is 35.4 Å². The predicted molar refractivity (Wildman–Crippen MR) is 78.8 cm³/mol. The van der Waals surface area contributed by atoms with Crippen LogP contribution in [0.25, 0.3) is 0 Å². The average Bonchev–Trinajstić information content (AvgIpc) is 2.86. The fourth-order valence-electron chi connectivity index (χ4n) is 4.15. The molecule has 1 aromatic rings. The standard InChI is InChI=1S/C17H20F3NO2/c18-17(19,20)13-7-3-1-6-12(13)10-21-14-8-4-2-5-11(14)9-15(21)16(22)23/h1,3,6-7,11,14-15H,2,4-5,8-10H2,(H,22,23)/t11-,14+,15-/m0/s1. The number of benzene rings is 1. The summed E-state index contributed by atoms with van der Waals surface area (Å²) in [5.41, 5.74) is -0.499. The second-order valence-electron chi connectivity index (χ2n) is 6.53. The topological polar surface area (TPSA) is 40.5 Å². The van der Waals surface area contributed by atoms with E-state index in [9.17, 15) is 23.1 Å². The Hall–Kier alpha value is -1.56. The maximum absolute atomic E-state index is 13.2. The highest BCUT2D eigenvalue weighted by molar-refractivity contribution is 5.74. The van der Waals surface area contributed by atoms with E-state index in [1.807, 2.05) is 0 Å². The fraction of sp³-hybridized carbons (Fsp3) is 0.588. The van der Waals surface area contributed by atoms with Crippen LogP contribution in [-0.2, 0) is 17.5 Å². The van der Waals surface area contributed by atoms with Gasteiger partial charge in [-0.25, -0.2) is 0 Å². The summed E-state index contributed by atoms with van der Waals surface area (Å²) in [6.07, 6.45) is 0.0924. The SMILES string of the molecule is O=C(O)[C@@H]1C[C@@H]2CCCC[C@H]2N1Cc1ccccc1C(F)(F)F. The molecule has 0 amide bonds. The summed E-state index contributed by atoms with van der Waals surface area (Å²) in [4.78, 5) is 13.4. The summed E-state index contributed by atoms with van der Waals surface area (Å²) in [7, 11) is 0. The molecule has 2 aliphatic rings. The Labute approximate surface area is 133 Å². The van der Waals surface area contributed by atoms with E-state index in [4.69, 9.17) is 0 Å². The summed E-state index contributed by atoms with van der Waals surface area (Å²) >= 11 is 0. The molecule has 126 valence electrons. The van der Waals surface area contributed by atoms with Crippen LogP contribution in [0.15, 0.2) is 24.3 Å². The Morgan fingerprint density at radius 2 is 1.91 bits per heavy atom. The molecule has 1 aromatic carbocycles. The molecule has 2 fully saturated rings. The zero-order chi connectivity index (χ0) is 16.6. The first-order chi connectivity index (χ1) is 10.9. The first kappa shape index (κ1) is 16.3. The van der Waals surface area contributed by atoms with Gasteiger partial charge in [-0.1, -0.05) is 31.0 Å². The first-order valence-corrected chi connectivity index (χ1v) is 8.01. The minimum absolute atomic E-state index is 0.0494. The van der Waals surface area contributed by atoms with Gasteiger partial charge in [0, 0.05) is 12.6 Å². The third-order valence-corrected chi connectivity index (χ3v) is 5.18. The van der Waals surface area contributed by atoms with Crippen molar-refractivity contribution < 1.29 is 23.1 Å². The minimum Gasteiger partial charge on any atom is -0.480 e. The maximum Gasteiger partial charge on any atom is 0.416 e. The average molecular weight is 327 g/mol. The second kappa shape index (κ2) is 6.15. The van der Waals surface area contributed by atoms with Gasteiger partial charge in [-0.15, -0.1) is 0 Å². The Kier molecular flexibility index (Phi) is 4.36. The smallest absolute Gasteiger partial charge is 0.416 e. The van der Waals surface area contributed by atoms with Gasteiger partial charge in [0.05, 0.1) is 5.56 Å². The number of hydrogen-bond acceptors (Lipinski definition) is 2. The molecule has 0 radical (unpaired) electrons. The van der Waals surface area contributed by atoms with Crippen LogP contribution in [0.2, 0.25) is 0 Å². The molecule has 1 N–H and O–H groups in total. The zero-order valence-corrected chi connectivity index (χ0v) is 12.7. The summed E-state index contributed by atoms with van der Waals surface area (Å²) in [6.45, 7) is 0.0494. The van der Waals surface area contributed by atoms with Crippen LogP contribution in [-0.4, -0.2) is 28.1 Å². The molecule has 3 rings (SSSR count). The van der Waals surface area contributed by atoms with E-state index in [2.05, 4.69) is 0 Å². The maximum atomic E-state index is 13.2. The summed E-state index contributed by atoms with van der Waals surface area (Å²) in [6, 6.07) is 4.89. The number of rotatable bonds is 3. The molecule has 6 heteroatoms. The monoisotopic (exact) mass is 327 g/mol. The number of alkyl halides is 3. The highest BCUT2D eigenvalue weighted by Crippen LogP contribution is 2.41. The molecule has 3 nitrogen and oxygen atoms in total. The molecule has 1 aliphatic carbocycles. The van der Waals surface area contributed by atoms with Gasteiger partial charge in [0.25, 0.3) is 0 Å². The van der Waals surface area contributed by atoms with E-state index >= 15 is 0 Å². The lowest BCUT2D eigenvalue weighted by atomic mass is 9.84. The van der Waals surface area contributed by atoms with Gasteiger partial charge in [-0.05, 0) is 36.8 Å². The van der Waals surface area contributed by atoms with Gasteiger partial charge in [-0.2, -0.15) is 13.2 Å². The van der Waals surface area contributed by atoms with Crippen molar-refractivity contribution in [1.82, 2.24) is 4.90 Å². The second-order valence-corrected chi connectivity index (χ2v) is 6.53. The van der Waals surface area contributed by atoms with E-state index < -0.39 is 23.8 Å². The number of carboxylic acid groups (broad SMARTS) is 1. The number of carbonyl (C=O) groups is 1. The van der Waals surface area contributed by atoms with Gasteiger partial charge in [0.2, 0.25) is 0 Å². The number of likely N-dealkylation sites (tertiary alicyclic amines) is 1. The van der Waals surface area contributed by atoms with Crippen molar-refractivity contribution in [2.24, 2.45) is 5.92 Å². The summed E-state index contributed by atoms with van der Waals surface area (Å²) in [5.74, 6) is -0.633. The third kappa shape index (κ3) is 3.22. The van der Waals surface area contributed by atoms with Crippen molar-refractivity contribution in [3.63, 3.8) is 0 Å². The third-order valence-electron chi connectivity index (χ3n) is 5.18. The van der Waals surface area contributed by atoms with Crippen molar-refractivity contribution in [3.8, 4) is 0 Å². The van der Waals surface area contributed by atoms with E-state index in [1.54, 1.807) is 11.0 Å². The van der Waals surface area contributed by atoms with E-state index in [1.165, 1.54) is 12.1 Å². The van der Waals surface area contributed by atoms with Crippen molar-refractivity contribution in [2.75, 3.05) is 0 Å². The molecule has 0 spiro atoms. The quantitative estimate of drug-likeness (QED) is 0.915. The van der Waals surface area contributed by atoms with Crippen molar-refractivity contribution in [1.29, 1.82) is 0 Å². The summed E-state index contributed by atoms with van der Waals surface area (Å²) in [5, 5.41) is 9.47. The van der Waals surface area contributed by atoms with Crippen LogP contribution >= 0.6 is 0 Å². The van der Waals surface area contributed by atoms with E-state index in [0.717, 1.165) is 31.7 Å². The van der Waals surface area contributed by atoms with Gasteiger partial charge in [0.15, 0.2) is 0 Å². The van der Waals surface area contributed by atoms with Crippen LogP contribution in [0.3, 0.4) is 0 Å². The highest BCUT2D eigenvalue weighted by Gasteiger charge is 2.45. The predicted octanol–water partition coefficient (Wildman–Crippen LogP) is 3.92. The van der Waals surface area contributed by atoms with Crippen molar-refractivity contribution >= 4 is 5.97 Å². The van der Waals surface area contributed by atoms with E-state index in [0.29, 0.717) is 12.3 Å². The number of carboxylic acids is 1. The van der Waals surface area contributed by atoms with Crippen LogP contribution < -0.4 is 0 Å². The molecule has 23 heavy (non-hydrogen) atoms. The van der Waals surface area contributed by atoms with Crippen LogP contribution in [0.5, 0.6) is 0 Å². The number of nitrogens with zero attached hydrogens (tertiary/aromatic N) is 1. The number of halogens is 3. The normalized spacial score (nSPS) is 28.6. The Morgan fingerprint density at radius 1 is 1.22 bits per heavy atom. The van der Waals surface area contributed by atoms with Gasteiger partial charge < -0.3 is 5.11 Å². The Morgan fingerprint density at radius 3 is 2.61 bits per heavy atom. The number of hydrogen-bond donors (Lipinski definition) is 1. The fourth-order valence-corrected chi connectivity index (χ4v) is 4.15. The van der Waals surface area contributed by atoms with Gasteiger partial charge in [-0.3, -0.25) is 9.69 Å². The lowest BCUT2D eigenvalue weighted by Gasteiger charge is -2.33. The highest BCUT2D eigenvalue weighted by atomic mass is 19.4. The van der Waals surface area contributed by atoms with Crippen molar-refractivity contribution in [2.45, 2.75) is 56.9 Å². The number of aliphatic carboxylic acids is 1. The lowest BCUT2D eigenvalue weighted by Crippen LogP contribution is -2.42. The Bertz CT molecular complexity index is 587. The molecule has 1 saturated heterocycles. The molecule has 1 aliphatic heterocycles. The largest absolute Gasteiger partial charge is 0.480 e. The van der Waals surface area contributed by atoms with Crippen LogP contribution in [0.1, 0.15) is 43.2 Å². The Balaban J connectivity index is 1.89. The first-order valence-electron chi connectivity index (χ1n) is 8.01. The van der Waals surface area contributed by atoms with E-state index in [-0.39, 0.29) is 18.2 Å². The van der Waals surface area contributed by atoms with Gasteiger partial charge in [0.1, 0.15) is 6.04 Å². The van der Waals surface area contributed by atoms with Gasteiger partial charge >= 0.3 is 12.1 Å². The molecular weight excluding hydrogens is 307 g/mol. The molecular formula is C17H20F3NO2. The lowest BCUT2D eigenvalue weighted by molar-refractivity contribution is -0.143. The minimum atomic E-state index is -4.42. The van der Waals surface area contributed by atoms with Crippen LogP contribution in [0, 0.1) is 5.92 Å². The van der Waals surface area contributed by atoms with Crippen LogP contribution in [0.4, 0.5) is 13.2 Å². The number of fused-ring (bicyclic) bond motifs is 1. The molecule has 1 heterocycles. The molecule has 1 saturated carbocycles. The zero-order valence-electron chi connectivity index (χ0n) is 12.7. The molecule has 3 atom stereocenters. The molecule has 0 aromatic heterocycles. The molecule has 0 unspecified atom stereocenters.